The molecule has 0 amide bonds. The molecule has 0 fully saturated rings. The number of nitrogens with two attached hydrogens (primary N) is 1. The maximum atomic E-state index is 5.93. The molecule has 0 saturated heterocycles. The van der Waals surface area contributed by atoms with Crippen LogP contribution < -0.4 is 20.7 Å². The molecule has 0 unspecified atom stereocenters. The molecule has 0 atom stereocenters. The average molecular weight is 285 g/mol. The van der Waals surface area contributed by atoms with E-state index in [4.69, 9.17) is 10.5 Å². The summed E-state index contributed by atoms with van der Waals surface area (Å²) in [5.74, 6) is 0.708. The van der Waals surface area contributed by atoms with Crippen LogP contribution in [-0.2, 0) is 0 Å². The molecule has 0 aliphatic heterocycles. The highest BCUT2D eigenvalue weighted by Gasteiger charge is 2.05. The molecule has 0 saturated carbocycles. The lowest BCUT2D eigenvalue weighted by Gasteiger charge is -2.15. The summed E-state index contributed by atoms with van der Waals surface area (Å²) >= 11 is 0. The van der Waals surface area contributed by atoms with Gasteiger partial charge in [-0.05, 0) is 50.2 Å². The van der Waals surface area contributed by atoms with Gasteiger partial charge in [0.1, 0.15) is 5.75 Å². The van der Waals surface area contributed by atoms with E-state index in [9.17, 15) is 0 Å². The molecule has 0 heterocycles. The van der Waals surface area contributed by atoms with Gasteiger partial charge in [-0.25, -0.2) is 0 Å². The highest BCUT2D eigenvalue weighted by Crippen LogP contribution is 2.28. The summed E-state index contributed by atoms with van der Waals surface area (Å²) < 4.78 is 5.70. The zero-order valence-electron chi connectivity index (χ0n) is 13.1. The Morgan fingerprint density at radius 2 is 1.62 bits per heavy atom. The summed E-state index contributed by atoms with van der Waals surface area (Å²) in [6, 6.07) is 14.0. The maximum Gasteiger partial charge on any atom is 0.144 e. The van der Waals surface area contributed by atoms with Crippen LogP contribution in [0, 0.1) is 0 Å². The standard InChI is InChI=1S/C17H23N3O/c1-12(2)21-17-11-14(7-10-16(17)18)19-13-5-8-15(9-6-13)20(3)4/h5-12,19H,18H2,1-4H3. The minimum Gasteiger partial charge on any atom is -0.489 e. The van der Waals surface area contributed by atoms with Crippen molar-refractivity contribution in [1.82, 2.24) is 0 Å². The van der Waals surface area contributed by atoms with Crippen molar-refractivity contribution in [3.8, 4) is 5.75 Å². The average Bonchev–Trinajstić information content (AvgIpc) is 2.42. The first-order chi connectivity index (χ1) is 9.95. The summed E-state index contributed by atoms with van der Waals surface area (Å²) in [5.41, 5.74) is 9.73. The van der Waals surface area contributed by atoms with Gasteiger partial charge in [-0.2, -0.15) is 0 Å². The third kappa shape index (κ3) is 4.05. The molecule has 0 aromatic heterocycles. The lowest BCUT2D eigenvalue weighted by molar-refractivity contribution is 0.244. The SMILES string of the molecule is CC(C)Oc1cc(Nc2ccc(N(C)C)cc2)ccc1N. The number of nitrogens with one attached hydrogen (secondary N) is 1. The zero-order valence-corrected chi connectivity index (χ0v) is 13.1. The lowest BCUT2D eigenvalue weighted by atomic mass is 10.2. The molecule has 2 aromatic carbocycles. The molecule has 112 valence electrons. The first-order valence-electron chi connectivity index (χ1n) is 7.06. The molecule has 0 bridgehead atoms. The quantitative estimate of drug-likeness (QED) is 0.819. The molecule has 4 nitrogen and oxygen atoms in total. The first kappa shape index (κ1) is 15.0. The van der Waals surface area contributed by atoms with Crippen molar-refractivity contribution >= 4 is 22.7 Å². The Morgan fingerprint density at radius 3 is 2.19 bits per heavy atom. The minimum atomic E-state index is 0.0990. The van der Waals surface area contributed by atoms with E-state index < -0.39 is 0 Å². The largest absolute Gasteiger partial charge is 0.489 e. The van der Waals surface area contributed by atoms with E-state index in [0.29, 0.717) is 11.4 Å². The molecule has 2 aromatic rings. The van der Waals surface area contributed by atoms with Crippen molar-refractivity contribution in [1.29, 1.82) is 0 Å². The summed E-state index contributed by atoms with van der Waals surface area (Å²) in [6.45, 7) is 3.97. The highest BCUT2D eigenvalue weighted by atomic mass is 16.5. The summed E-state index contributed by atoms with van der Waals surface area (Å²) in [6.07, 6.45) is 0.0990. The van der Waals surface area contributed by atoms with Gasteiger partial charge in [0.15, 0.2) is 0 Å². The van der Waals surface area contributed by atoms with Crippen molar-refractivity contribution in [3.63, 3.8) is 0 Å². The first-order valence-corrected chi connectivity index (χ1v) is 7.06. The number of rotatable bonds is 5. The number of hydrogen-bond acceptors (Lipinski definition) is 4. The van der Waals surface area contributed by atoms with E-state index in [0.717, 1.165) is 11.4 Å². The monoisotopic (exact) mass is 285 g/mol. The fraction of sp³-hybridized carbons (Fsp3) is 0.294. The summed E-state index contributed by atoms with van der Waals surface area (Å²) in [4.78, 5) is 2.07. The van der Waals surface area contributed by atoms with Gasteiger partial charge < -0.3 is 20.7 Å². The Bertz CT molecular complexity index is 591. The van der Waals surface area contributed by atoms with Crippen LogP contribution in [0.15, 0.2) is 42.5 Å². The molecule has 0 aliphatic rings. The van der Waals surface area contributed by atoms with Crippen LogP contribution in [0.5, 0.6) is 5.75 Å². The highest BCUT2D eigenvalue weighted by molar-refractivity contribution is 5.68. The van der Waals surface area contributed by atoms with Crippen LogP contribution in [0.2, 0.25) is 0 Å². The Labute approximate surface area is 126 Å². The smallest absolute Gasteiger partial charge is 0.144 e. The number of nitrogens with zero attached hydrogens (tertiary/aromatic N) is 1. The number of hydrogen-bond donors (Lipinski definition) is 2. The van der Waals surface area contributed by atoms with Crippen molar-refractivity contribution in [2.24, 2.45) is 0 Å². The molecular weight excluding hydrogens is 262 g/mol. The van der Waals surface area contributed by atoms with Crippen LogP contribution in [-0.4, -0.2) is 20.2 Å². The normalized spacial score (nSPS) is 10.5. The second kappa shape index (κ2) is 6.39. The van der Waals surface area contributed by atoms with E-state index in [1.165, 1.54) is 5.69 Å². The van der Waals surface area contributed by atoms with E-state index in [1.807, 2.05) is 46.1 Å². The summed E-state index contributed by atoms with van der Waals surface area (Å²) in [7, 11) is 4.05. The predicted molar refractivity (Wildman–Crippen MR) is 90.7 cm³/mol. The van der Waals surface area contributed by atoms with Gasteiger partial charge in [0, 0.05) is 37.2 Å². The van der Waals surface area contributed by atoms with Gasteiger partial charge in [-0.1, -0.05) is 0 Å². The number of ether oxygens (including phenoxy) is 1. The third-order valence-electron chi connectivity index (χ3n) is 3.05. The van der Waals surface area contributed by atoms with Gasteiger partial charge in [0.25, 0.3) is 0 Å². The van der Waals surface area contributed by atoms with Crippen molar-refractivity contribution < 1.29 is 4.74 Å². The topological polar surface area (TPSA) is 50.5 Å². The van der Waals surface area contributed by atoms with E-state index in [1.54, 1.807) is 0 Å². The van der Waals surface area contributed by atoms with Crippen molar-refractivity contribution in [2.45, 2.75) is 20.0 Å². The molecule has 0 aliphatic carbocycles. The van der Waals surface area contributed by atoms with Crippen LogP contribution >= 0.6 is 0 Å². The van der Waals surface area contributed by atoms with Crippen LogP contribution in [0.25, 0.3) is 0 Å². The lowest BCUT2D eigenvalue weighted by Crippen LogP contribution is -2.08. The van der Waals surface area contributed by atoms with E-state index >= 15 is 0 Å². The maximum absolute atomic E-state index is 5.93. The van der Waals surface area contributed by atoms with Crippen molar-refractivity contribution in [2.75, 3.05) is 30.0 Å². The number of anilines is 4. The van der Waals surface area contributed by atoms with Crippen LogP contribution in [0.3, 0.4) is 0 Å². The van der Waals surface area contributed by atoms with E-state index in [2.05, 4.69) is 34.5 Å². The van der Waals surface area contributed by atoms with Gasteiger partial charge in [-0.15, -0.1) is 0 Å². The molecule has 2 rings (SSSR count). The molecule has 4 heteroatoms. The second-order valence-electron chi connectivity index (χ2n) is 5.49. The zero-order chi connectivity index (χ0) is 15.4. The Kier molecular flexibility index (Phi) is 4.58. The number of benzene rings is 2. The molecule has 0 radical (unpaired) electrons. The van der Waals surface area contributed by atoms with E-state index in [-0.39, 0.29) is 6.10 Å². The third-order valence-corrected chi connectivity index (χ3v) is 3.05. The van der Waals surface area contributed by atoms with Gasteiger partial charge >= 0.3 is 0 Å². The van der Waals surface area contributed by atoms with Gasteiger partial charge in [-0.3, -0.25) is 0 Å². The minimum absolute atomic E-state index is 0.0990. The Hall–Kier alpha value is -2.36. The molecule has 3 N–H and O–H groups in total. The fourth-order valence-electron chi connectivity index (χ4n) is 1.98. The van der Waals surface area contributed by atoms with Gasteiger partial charge in [0.05, 0.1) is 11.8 Å². The Morgan fingerprint density at radius 1 is 1.00 bits per heavy atom. The molecule has 0 spiro atoms. The van der Waals surface area contributed by atoms with Crippen LogP contribution in [0.4, 0.5) is 22.7 Å². The second-order valence-corrected chi connectivity index (χ2v) is 5.49. The molecule has 21 heavy (non-hydrogen) atoms. The fourth-order valence-corrected chi connectivity index (χ4v) is 1.98. The predicted octanol–water partition coefficient (Wildman–Crippen LogP) is 3.87. The van der Waals surface area contributed by atoms with Gasteiger partial charge in [0.2, 0.25) is 0 Å². The summed E-state index contributed by atoms with van der Waals surface area (Å²) in [5, 5.41) is 3.36. The van der Waals surface area contributed by atoms with Crippen molar-refractivity contribution in [3.05, 3.63) is 42.5 Å². The Balaban J connectivity index is 2.15. The molecular formula is C17H23N3O. The number of nitrogen functional groups attached to an aromatic ring is 1. The van der Waals surface area contributed by atoms with Crippen LogP contribution in [0.1, 0.15) is 13.8 Å².